The number of carbonyl (C=O) groups excluding carboxylic acids is 2. The standard InChI is InChI=1S/C22H19ClF4N2O4/c23-15-3-1-13(7-16(15)24)32-6-5-19(31)29-21-10-20(11-21,12-21)8-18(30)17-4-2-14(9-28-17)33-22(25,26)27/h1-4,7,9H,5-6,8,10-12H2,(H,29,31). The zero-order valence-electron chi connectivity index (χ0n) is 17.2. The second kappa shape index (κ2) is 8.48. The number of hydrogen-bond acceptors (Lipinski definition) is 5. The summed E-state index contributed by atoms with van der Waals surface area (Å²) in [6, 6.07) is 6.29. The molecule has 5 rings (SSSR count). The Labute approximate surface area is 191 Å². The van der Waals surface area contributed by atoms with Gasteiger partial charge in [-0.1, -0.05) is 11.6 Å². The monoisotopic (exact) mass is 486 g/mol. The first-order valence-electron chi connectivity index (χ1n) is 10.1. The molecule has 0 atom stereocenters. The molecular weight excluding hydrogens is 468 g/mol. The highest BCUT2D eigenvalue weighted by Crippen LogP contribution is 2.69. The molecule has 3 aliphatic carbocycles. The molecule has 33 heavy (non-hydrogen) atoms. The Morgan fingerprint density at radius 3 is 2.42 bits per heavy atom. The van der Waals surface area contributed by atoms with Crippen LogP contribution in [0, 0.1) is 11.2 Å². The number of pyridine rings is 1. The van der Waals surface area contributed by atoms with Crippen molar-refractivity contribution in [3.8, 4) is 11.5 Å². The van der Waals surface area contributed by atoms with Crippen LogP contribution in [0.15, 0.2) is 36.5 Å². The first kappa shape index (κ1) is 23.3. The van der Waals surface area contributed by atoms with E-state index in [1.54, 1.807) is 0 Å². The Morgan fingerprint density at radius 2 is 1.82 bits per heavy atom. The molecule has 1 amide bonds. The minimum atomic E-state index is -4.82. The Kier molecular flexibility index (Phi) is 5.98. The molecule has 3 saturated carbocycles. The van der Waals surface area contributed by atoms with Gasteiger partial charge in [-0.15, -0.1) is 13.2 Å². The predicted octanol–water partition coefficient (Wildman–Crippen LogP) is 4.85. The molecule has 0 unspecified atom stereocenters. The van der Waals surface area contributed by atoms with Crippen molar-refractivity contribution in [2.45, 2.75) is 44.0 Å². The lowest BCUT2D eigenvalue weighted by atomic mass is 9.38. The van der Waals surface area contributed by atoms with Gasteiger partial charge in [-0.3, -0.25) is 9.59 Å². The highest BCUT2D eigenvalue weighted by Gasteiger charge is 2.68. The van der Waals surface area contributed by atoms with Crippen molar-refractivity contribution in [2.24, 2.45) is 5.41 Å². The van der Waals surface area contributed by atoms with Crippen LogP contribution in [0.4, 0.5) is 17.6 Å². The zero-order chi connectivity index (χ0) is 23.9. The van der Waals surface area contributed by atoms with E-state index in [2.05, 4.69) is 15.0 Å². The van der Waals surface area contributed by atoms with E-state index < -0.39 is 17.9 Å². The van der Waals surface area contributed by atoms with Crippen molar-refractivity contribution in [1.82, 2.24) is 10.3 Å². The number of amides is 1. The van der Waals surface area contributed by atoms with E-state index in [0.29, 0.717) is 19.3 Å². The summed E-state index contributed by atoms with van der Waals surface area (Å²) >= 11 is 5.61. The normalized spacial score (nSPS) is 23.2. The van der Waals surface area contributed by atoms with Gasteiger partial charge in [-0.2, -0.15) is 0 Å². The molecule has 176 valence electrons. The van der Waals surface area contributed by atoms with Crippen LogP contribution >= 0.6 is 11.6 Å². The van der Waals surface area contributed by atoms with Crippen LogP contribution in [-0.4, -0.2) is 35.2 Å². The van der Waals surface area contributed by atoms with Gasteiger partial charge in [0.25, 0.3) is 0 Å². The Hall–Kier alpha value is -2.88. The lowest BCUT2D eigenvalue weighted by Gasteiger charge is -2.70. The molecule has 1 aromatic heterocycles. The highest BCUT2D eigenvalue weighted by molar-refractivity contribution is 6.30. The number of benzene rings is 1. The summed E-state index contributed by atoms with van der Waals surface area (Å²) in [6.45, 7) is 0.0757. The van der Waals surface area contributed by atoms with E-state index in [9.17, 15) is 27.2 Å². The smallest absolute Gasteiger partial charge is 0.493 e. The van der Waals surface area contributed by atoms with E-state index in [0.717, 1.165) is 18.3 Å². The number of rotatable bonds is 9. The molecule has 2 aromatic rings. The number of Topliss-reactive ketones (excluding diaryl/α,β-unsaturated/α-hetero) is 1. The number of halogens is 5. The van der Waals surface area contributed by atoms with Crippen molar-refractivity contribution in [1.29, 1.82) is 0 Å². The Bertz CT molecular complexity index is 1060. The number of aromatic nitrogens is 1. The maximum absolute atomic E-state index is 13.4. The number of carbonyl (C=O) groups is 2. The molecule has 0 spiro atoms. The van der Waals surface area contributed by atoms with E-state index in [1.165, 1.54) is 18.2 Å². The second-order valence-corrected chi connectivity index (χ2v) is 8.97. The molecular formula is C22H19ClF4N2O4. The molecule has 0 aliphatic heterocycles. The maximum atomic E-state index is 13.4. The van der Waals surface area contributed by atoms with E-state index >= 15 is 0 Å². The van der Waals surface area contributed by atoms with Crippen LogP contribution in [0.25, 0.3) is 0 Å². The second-order valence-electron chi connectivity index (χ2n) is 8.56. The summed E-state index contributed by atoms with van der Waals surface area (Å²) in [5.74, 6) is -1.29. The first-order valence-corrected chi connectivity index (χ1v) is 10.5. The fraction of sp³-hybridized carbons (Fsp3) is 0.409. The van der Waals surface area contributed by atoms with Crippen molar-refractivity contribution in [2.75, 3.05) is 6.61 Å². The number of alkyl halides is 3. The molecule has 6 nitrogen and oxygen atoms in total. The molecule has 1 heterocycles. The third-order valence-corrected chi connectivity index (χ3v) is 6.13. The average molecular weight is 487 g/mol. The molecule has 1 aromatic carbocycles. The van der Waals surface area contributed by atoms with Crippen LogP contribution in [0.5, 0.6) is 11.5 Å². The Balaban J connectivity index is 1.19. The maximum Gasteiger partial charge on any atom is 0.573 e. The third-order valence-electron chi connectivity index (χ3n) is 5.82. The van der Waals surface area contributed by atoms with E-state index in [-0.39, 0.29) is 58.6 Å². The molecule has 0 radical (unpaired) electrons. The van der Waals surface area contributed by atoms with Crippen LogP contribution in [0.1, 0.15) is 42.6 Å². The summed E-state index contributed by atoms with van der Waals surface area (Å²) in [5, 5.41) is 2.95. The van der Waals surface area contributed by atoms with Crippen LogP contribution in [0.3, 0.4) is 0 Å². The van der Waals surface area contributed by atoms with Crippen molar-refractivity contribution in [3.63, 3.8) is 0 Å². The van der Waals surface area contributed by atoms with Gasteiger partial charge >= 0.3 is 6.36 Å². The van der Waals surface area contributed by atoms with Crippen LogP contribution < -0.4 is 14.8 Å². The van der Waals surface area contributed by atoms with E-state index in [4.69, 9.17) is 16.3 Å². The van der Waals surface area contributed by atoms with Gasteiger partial charge in [0, 0.05) is 18.0 Å². The lowest BCUT2D eigenvalue weighted by Crippen LogP contribution is -2.75. The van der Waals surface area contributed by atoms with Crippen LogP contribution in [0.2, 0.25) is 5.02 Å². The van der Waals surface area contributed by atoms with Gasteiger partial charge < -0.3 is 14.8 Å². The van der Waals surface area contributed by atoms with Crippen molar-refractivity contribution in [3.05, 3.63) is 53.1 Å². The zero-order valence-corrected chi connectivity index (χ0v) is 17.9. The summed E-state index contributed by atoms with van der Waals surface area (Å²) in [7, 11) is 0. The fourth-order valence-corrected chi connectivity index (χ4v) is 4.79. The third kappa shape index (κ3) is 5.38. The molecule has 1 N–H and O–H groups in total. The highest BCUT2D eigenvalue weighted by atomic mass is 35.5. The summed E-state index contributed by atoms with van der Waals surface area (Å²) in [6.07, 6.45) is -1.71. The lowest BCUT2D eigenvalue weighted by molar-refractivity contribution is -0.274. The van der Waals surface area contributed by atoms with Gasteiger partial charge in [-0.05, 0) is 48.9 Å². The van der Waals surface area contributed by atoms with Gasteiger partial charge in [0.1, 0.15) is 23.0 Å². The van der Waals surface area contributed by atoms with Gasteiger partial charge in [0.2, 0.25) is 5.91 Å². The molecule has 3 aliphatic rings. The largest absolute Gasteiger partial charge is 0.573 e. The fourth-order valence-electron chi connectivity index (χ4n) is 4.68. The minimum Gasteiger partial charge on any atom is -0.493 e. The topological polar surface area (TPSA) is 77.5 Å². The molecule has 0 saturated heterocycles. The summed E-state index contributed by atoms with van der Waals surface area (Å²) in [4.78, 5) is 28.4. The molecule has 3 fully saturated rings. The van der Waals surface area contributed by atoms with E-state index in [1.807, 2.05) is 0 Å². The van der Waals surface area contributed by atoms with Gasteiger partial charge in [0.15, 0.2) is 5.78 Å². The van der Waals surface area contributed by atoms with Crippen molar-refractivity contribution < 1.29 is 36.6 Å². The molecule has 11 heteroatoms. The average Bonchev–Trinajstić information content (AvgIpc) is 2.67. The van der Waals surface area contributed by atoms with Gasteiger partial charge in [-0.25, -0.2) is 9.37 Å². The number of nitrogens with one attached hydrogen (secondary N) is 1. The van der Waals surface area contributed by atoms with Gasteiger partial charge in [0.05, 0.1) is 24.2 Å². The quantitative estimate of drug-likeness (QED) is 0.405. The number of hydrogen-bond donors (Lipinski definition) is 1. The summed E-state index contributed by atoms with van der Waals surface area (Å²) < 4.78 is 59.1. The Morgan fingerprint density at radius 1 is 1.12 bits per heavy atom. The van der Waals surface area contributed by atoms with Crippen molar-refractivity contribution >= 4 is 23.3 Å². The SMILES string of the molecule is O=C(CCOc1ccc(Cl)c(F)c1)NC12CC(CC(=O)c3ccc(OC(F)(F)F)cn3)(C1)C2. The number of ether oxygens (including phenoxy) is 2. The predicted molar refractivity (Wildman–Crippen MR) is 109 cm³/mol. The molecule has 2 bridgehead atoms. The number of nitrogens with zero attached hydrogens (tertiary/aromatic N) is 1. The first-order chi connectivity index (χ1) is 15.5. The summed E-state index contributed by atoms with van der Waals surface area (Å²) in [5.41, 5.74) is -0.477. The van der Waals surface area contributed by atoms with Crippen LogP contribution in [-0.2, 0) is 4.79 Å². The number of ketones is 1. The minimum absolute atomic E-state index is 0.0145.